The number of rotatable bonds is 3. The van der Waals surface area contributed by atoms with Crippen LogP contribution in [0, 0.1) is 18.8 Å². The predicted octanol–water partition coefficient (Wildman–Crippen LogP) is 2.06. The SMILES string of the molecule is COc1ccc(C)cc1C(=O)N1CCC(C)C(CN)C1. The van der Waals surface area contributed by atoms with Gasteiger partial charge in [0.2, 0.25) is 0 Å². The van der Waals surface area contributed by atoms with Gasteiger partial charge in [-0.15, -0.1) is 0 Å². The average molecular weight is 276 g/mol. The average Bonchev–Trinajstić information content (AvgIpc) is 2.47. The highest BCUT2D eigenvalue weighted by Gasteiger charge is 2.29. The minimum absolute atomic E-state index is 0.0518. The zero-order chi connectivity index (χ0) is 14.7. The van der Waals surface area contributed by atoms with Gasteiger partial charge in [0.05, 0.1) is 12.7 Å². The third-order valence-electron chi connectivity index (χ3n) is 4.29. The van der Waals surface area contributed by atoms with Gasteiger partial charge in [0.25, 0.3) is 5.91 Å². The molecule has 1 aliphatic rings. The Morgan fingerprint density at radius 1 is 1.50 bits per heavy atom. The number of aryl methyl sites for hydroxylation is 1. The van der Waals surface area contributed by atoms with E-state index in [0.717, 1.165) is 25.1 Å². The number of nitrogens with zero attached hydrogens (tertiary/aromatic N) is 1. The van der Waals surface area contributed by atoms with Gasteiger partial charge < -0.3 is 15.4 Å². The van der Waals surface area contributed by atoms with E-state index in [4.69, 9.17) is 10.5 Å². The van der Waals surface area contributed by atoms with Crippen LogP contribution in [-0.2, 0) is 0 Å². The Bertz CT molecular complexity index is 487. The molecule has 2 atom stereocenters. The van der Waals surface area contributed by atoms with Crippen LogP contribution in [0.25, 0.3) is 0 Å². The van der Waals surface area contributed by atoms with Crippen LogP contribution in [0.3, 0.4) is 0 Å². The smallest absolute Gasteiger partial charge is 0.257 e. The number of ether oxygens (including phenoxy) is 1. The molecule has 0 radical (unpaired) electrons. The number of likely N-dealkylation sites (tertiary alicyclic amines) is 1. The molecular weight excluding hydrogens is 252 g/mol. The molecule has 1 saturated heterocycles. The minimum Gasteiger partial charge on any atom is -0.496 e. The van der Waals surface area contributed by atoms with E-state index in [9.17, 15) is 4.79 Å². The van der Waals surface area contributed by atoms with Crippen molar-refractivity contribution in [1.82, 2.24) is 4.90 Å². The summed E-state index contributed by atoms with van der Waals surface area (Å²) in [6, 6.07) is 5.71. The molecule has 4 heteroatoms. The van der Waals surface area contributed by atoms with Crippen molar-refractivity contribution in [2.45, 2.75) is 20.3 Å². The van der Waals surface area contributed by atoms with Crippen LogP contribution in [0.4, 0.5) is 0 Å². The number of amides is 1. The lowest BCUT2D eigenvalue weighted by Crippen LogP contribution is -2.45. The molecule has 110 valence electrons. The lowest BCUT2D eigenvalue weighted by Gasteiger charge is -2.36. The second-order valence-electron chi connectivity index (χ2n) is 5.72. The van der Waals surface area contributed by atoms with Gasteiger partial charge >= 0.3 is 0 Å². The van der Waals surface area contributed by atoms with E-state index < -0.39 is 0 Å². The first kappa shape index (κ1) is 14.9. The van der Waals surface area contributed by atoms with Crippen molar-refractivity contribution in [3.8, 4) is 5.75 Å². The summed E-state index contributed by atoms with van der Waals surface area (Å²) < 4.78 is 5.31. The maximum atomic E-state index is 12.7. The summed E-state index contributed by atoms with van der Waals surface area (Å²) in [4.78, 5) is 14.6. The quantitative estimate of drug-likeness (QED) is 0.919. The molecule has 0 saturated carbocycles. The van der Waals surface area contributed by atoms with Gasteiger partial charge in [-0.05, 0) is 43.9 Å². The van der Waals surface area contributed by atoms with Crippen molar-refractivity contribution >= 4 is 5.91 Å². The number of nitrogens with two attached hydrogens (primary N) is 1. The molecule has 1 heterocycles. The minimum atomic E-state index is 0.0518. The Hall–Kier alpha value is -1.55. The molecule has 1 fully saturated rings. The molecular formula is C16H24N2O2. The zero-order valence-corrected chi connectivity index (χ0v) is 12.6. The van der Waals surface area contributed by atoms with Gasteiger partial charge in [0.1, 0.15) is 5.75 Å². The molecule has 4 nitrogen and oxygen atoms in total. The van der Waals surface area contributed by atoms with Crippen LogP contribution in [0.5, 0.6) is 5.75 Å². The second kappa shape index (κ2) is 6.27. The van der Waals surface area contributed by atoms with Gasteiger partial charge in [0.15, 0.2) is 0 Å². The summed E-state index contributed by atoms with van der Waals surface area (Å²) in [6.45, 7) is 6.38. The van der Waals surface area contributed by atoms with Gasteiger partial charge in [-0.25, -0.2) is 0 Å². The fraction of sp³-hybridized carbons (Fsp3) is 0.562. The summed E-state index contributed by atoms with van der Waals surface area (Å²) in [5, 5.41) is 0. The topological polar surface area (TPSA) is 55.6 Å². The van der Waals surface area contributed by atoms with Crippen molar-refractivity contribution in [2.24, 2.45) is 17.6 Å². The van der Waals surface area contributed by atoms with Gasteiger partial charge in [0, 0.05) is 13.1 Å². The third kappa shape index (κ3) is 2.96. The Morgan fingerprint density at radius 2 is 2.25 bits per heavy atom. The molecule has 1 aliphatic heterocycles. The Kier molecular flexibility index (Phi) is 4.65. The molecule has 2 N–H and O–H groups in total. The maximum Gasteiger partial charge on any atom is 0.257 e. The number of carbonyl (C=O) groups excluding carboxylic acids is 1. The molecule has 1 aromatic rings. The van der Waals surface area contributed by atoms with Crippen molar-refractivity contribution in [3.05, 3.63) is 29.3 Å². The maximum absolute atomic E-state index is 12.7. The first-order valence-corrected chi connectivity index (χ1v) is 7.20. The van der Waals surface area contributed by atoms with E-state index in [2.05, 4.69) is 6.92 Å². The molecule has 0 aliphatic carbocycles. The summed E-state index contributed by atoms with van der Waals surface area (Å²) in [6.07, 6.45) is 1.02. The van der Waals surface area contributed by atoms with Gasteiger partial charge in [-0.3, -0.25) is 4.79 Å². The molecule has 20 heavy (non-hydrogen) atoms. The van der Waals surface area contributed by atoms with Crippen molar-refractivity contribution in [3.63, 3.8) is 0 Å². The van der Waals surface area contributed by atoms with Crippen LogP contribution >= 0.6 is 0 Å². The second-order valence-corrected chi connectivity index (χ2v) is 5.72. The van der Waals surface area contributed by atoms with Crippen LogP contribution in [0.2, 0.25) is 0 Å². The molecule has 0 aromatic heterocycles. The van der Waals surface area contributed by atoms with Gasteiger partial charge in [-0.2, -0.15) is 0 Å². The van der Waals surface area contributed by atoms with Crippen molar-refractivity contribution in [2.75, 3.05) is 26.7 Å². The molecule has 2 unspecified atom stereocenters. The van der Waals surface area contributed by atoms with Crippen molar-refractivity contribution in [1.29, 1.82) is 0 Å². The Labute approximate surface area is 120 Å². The molecule has 1 aromatic carbocycles. The summed E-state index contributed by atoms with van der Waals surface area (Å²) >= 11 is 0. The van der Waals surface area contributed by atoms with Crippen molar-refractivity contribution < 1.29 is 9.53 Å². The lowest BCUT2D eigenvalue weighted by atomic mass is 9.87. The zero-order valence-electron chi connectivity index (χ0n) is 12.6. The largest absolute Gasteiger partial charge is 0.496 e. The lowest BCUT2D eigenvalue weighted by molar-refractivity contribution is 0.0615. The monoisotopic (exact) mass is 276 g/mol. The summed E-state index contributed by atoms with van der Waals surface area (Å²) in [5.41, 5.74) is 7.53. The number of methoxy groups -OCH3 is 1. The van der Waals surface area contributed by atoms with E-state index >= 15 is 0 Å². The van der Waals surface area contributed by atoms with Crippen LogP contribution in [0.1, 0.15) is 29.3 Å². The fourth-order valence-corrected chi connectivity index (χ4v) is 2.80. The highest BCUT2D eigenvalue weighted by molar-refractivity contribution is 5.97. The van der Waals surface area contributed by atoms with E-state index in [-0.39, 0.29) is 5.91 Å². The number of hydrogen-bond acceptors (Lipinski definition) is 3. The van der Waals surface area contributed by atoms with Crippen LogP contribution < -0.4 is 10.5 Å². The number of carbonyl (C=O) groups is 1. The van der Waals surface area contributed by atoms with E-state index in [1.807, 2.05) is 30.0 Å². The number of benzene rings is 1. The molecule has 1 amide bonds. The first-order chi connectivity index (χ1) is 9.56. The van der Waals surface area contributed by atoms with Crippen LogP contribution in [-0.4, -0.2) is 37.6 Å². The Morgan fingerprint density at radius 3 is 2.90 bits per heavy atom. The van der Waals surface area contributed by atoms with E-state index in [1.54, 1.807) is 7.11 Å². The molecule has 0 spiro atoms. The van der Waals surface area contributed by atoms with Crippen LogP contribution in [0.15, 0.2) is 18.2 Å². The van der Waals surface area contributed by atoms with E-state index in [1.165, 1.54) is 0 Å². The fourth-order valence-electron chi connectivity index (χ4n) is 2.80. The number of hydrogen-bond donors (Lipinski definition) is 1. The highest BCUT2D eigenvalue weighted by Crippen LogP contribution is 2.26. The Balaban J connectivity index is 2.21. The normalized spacial score (nSPS) is 22.7. The molecule has 0 bridgehead atoms. The third-order valence-corrected chi connectivity index (χ3v) is 4.29. The highest BCUT2D eigenvalue weighted by atomic mass is 16.5. The van der Waals surface area contributed by atoms with E-state index in [0.29, 0.717) is 29.7 Å². The number of piperidine rings is 1. The first-order valence-electron chi connectivity index (χ1n) is 7.20. The summed E-state index contributed by atoms with van der Waals surface area (Å²) in [5.74, 6) is 1.67. The summed E-state index contributed by atoms with van der Waals surface area (Å²) in [7, 11) is 1.60. The standard InChI is InChI=1S/C16H24N2O2/c1-11-4-5-15(20-3)14(8-11)16(19)18-7-6-12(2)13(9-17)10-18/h4-5,8,12-13H,6-7,9-10,17H2,1-3H3. The predicted molar refractivity (Wildman–Crippen MR) is 80.0 cm³/mol. The van der Waals surface area contributed by atoms with Gasteiger partial charge in [-0.1, -0.05) is 18.6 Å². The molecule has 2 rings (SSSR count).